The number of aldehydes is 2. The van der Waals surface area contributed by atoms with Crippen molar-refractivity contribution in [3.8, 4) is 11.5 Å². The first-order valence-electron chi connectivity index (χ1n) is 6.39. The van der Waals surface area contributed by atoms with E-state index in [4.69, 9.17) is 9.47 Å². The maximum Gasteiger partial charge on any atom is 0.156 e. The third-order valence-corrected chi connectivity index (χ3v) is 2.86. The maximum absolute atomic E-state index is 11.4. The molecule has 0 aliphatic rings. The number of ether oxygens (including phenoxy) is 2. The van der Waals surface area contributed by atoms with Crippen LogP contribution < -0.4 is 9.47 Å². The lowest BCUT2D eigenvalue weighted by Crippen LogP contribution is -2.06. The molecule has 5 nitrogen and oxygen atoms in total. The second-order valence-corrected chi connectivity index (χ2v) is 3.99. The van der Waals surface area contributed by atoms with Gasteiger partial charge in [0.05, 0.1) is 24.3 Å². The van der Waals surface area contributed by atoms with Crippen LogP contribution in [0.5, 0.6) is 11.5 Å². The first kappa shape index (κ1) is 14.0. The lowest BCUT2D eigenvalue weighted by atomic mass is 10.0. The monoisotopic (exact) mass is 273 g/mol. The summed E-state index contributed by atoms with van der Waals surface area (Å²) in [7, 11) is 0. The Kier molecular flexibility index (Phi) is 4.30. The number of aromatic nitrogens is 1. The molecule has 2 rings (SSSR count). The lowest BCUT2D eigenvalue weighted by Gasteiger charge is -2.16. The number of pyridine rings is 1. The Balaban J connectivity index is 2.92. The van der Waals surface area contributed by atoms with E-state index >= 15 is 0 Å². The summed E-state index contributed by atoms with van der Waals surface area (Å²) in [4.78, 5) is 27.0. The Labute approximate surface area is 116 Å². The molecule has 0 radical (unpaired) electrons. The van der Waals surface area contributed by atoms with Crippen LogP contribution in [0, 0.1) is 0 Å². The quantitative estimate of drug-likeness (QED) is 0.757. The van der Waals surface area contributed by atoms with Crippen LogP contribution in [0.2, 0.25) is 0 Å². The number of hydrogen-bond donors (Lipinski definition) is 0. The molecule has 0 fully saturated rings. The average molecular weight is 273 g/mol. The summed E-state index contributed by atoms with van der Waals surface area (Å²) in [6.07, 6.45) is 2.82. The minimum absolute atomic E-state index is 0.177. The van der Waals surface area contributed by atoms with E-state index in [-0.39, 0.29) is 11.1 Å². The Morgan fingerprint density at radius 3 is 2.25 bits per heavy atom. The second-order valence-electron chi connectivity index (χ2n) is 3.99. The van der Waals surface area contributed by atoms with Gasteiger partial charge in [-0.05, 0) is 26.0 Å². The molecule has 1 aromatic heterocycles. The van der Waals surface area contributed by atoms with Gasteiger partial charge in [0.1, 0.15) is 11.3 Å². The lowest BCUT2D eigenvalue weighted by molar-refractivity contribution is 0.109. The van der Waals surface area contributed by atoms with Crippen molar-refractivity contribution in [2.24, 2.45) is 0 Å². The van der Waals surface area contributed by atoms with E-state index in [1.54, 1.807) is 25.3 Å². The Morgan fingerprint density at radius 2 is 1.65 bits per heavy atom. The summed E-state index contributed by atoms with van der Waals surface area (Å²) in [5.41, 5.74) is 0.896. The van der Waals surface area contributed by atoms with Gasteiger partial charge in [-0.15, -0.1) is 0 Å². The molecular formula is C15H15NO4. The van der Waals surface area contributed by atoms with E-state index < -0.39 is 0 Å². The topological polar surface area (TPSA) is 65.5 Å². The van der Waals surface area contributed by atoms with Crippen molar-refractivity contribution in [2.75, 3.05) is 13.2 Å². The first-order valence-corrected chi connectivity index (χ1v) is 6.39. The van der Waals surface area contributed by atoms with Crippen LogP contribution in [0.25, 0.3) is 10.9 Å². The number of nitrogens with zero attached hydrogens (tertiary/aromatic N) is 1. The molecule has 0 aliphatic carbocycles. The summed E-state index contributed by atoms with van der Waals surface area (Å²) in [6, 6.07) is 3.53. The van der Waals surface area contributed by atoms with Gasteiger partial charge in [0.25, 0.3) is 0 Å². The SMILES string of the molecule is CCOc1c(C=O)c(C=O)c(OCC)c2ncccc12. The summed E-state index contributed by atoms with van der Waals surface area (Å²) in [6.45, 7) is 4.38. The van der Waals surface area contributed by atoms with E-state index in [2.05, 4.69) is 4.98 Å². The van der Waals surface area contributed by atoms with Crippen LogP contribution in [0.1, 0.15) is 34.6 Å². The molecule has 104 valence electrons. The van der Waals surface area contributed by atoms with Crippen molar-refractivity contribution in [1.82, 2.24) is 4.98 Å². The Bertz CT molecular complexity index is 595. The standard InChI is InChI=1S/C15H15NO4/c1-3-19-14-10-6-5-7-16-13(10)15(20-4-2)12(9-18)11(14)8-17/h5-9H,3-4H2,1-2H3. The van der Waals surface area contributed by atoms with E-state index in [0.29, 0.717) is 48.2 Å². The Hall–Kier alpha value is -2.43. The van der Waals surface area contributed by atoms with Crippen molar-refractivity contribution in [1.29, 1.82) is 0 Å². The fourth-order valence-electron chi connectivity index (χ4n) is 2.11. The first-order chi connectivity index (χ1) is 9.78. The summed E-state index contributed by atoms with van der Waals surface area (Å²) in [5.74, 6) is 0.694. The van der Waals surface area contributed by atoms with Gasteiger partial charge in [-0.2, -0.15) is 0 Å². The van der Waals surface area contributed by atoms with Crippen molar-refractivity contribution in [3.63, 3.8) is 0 Å². The normalized spacial score (nSPS) is 10.3. The predicted octanol–water partition coefficient (Wildman–Crippen LogP) is 2.66. The van der Waals surface area contributed by atoms with Gasteiger partial charge in [-0.25, -0.2) is 0 Å². The van der Waals surface area contributed by atoms with Crippen LogP contribution >= 0.6 is 0 Å². The molecule has 0 saturated carbocycles. The fraction of sp³-hybridized carbons (Fsp3) is 0.267. The molecule has 5 heteroatoms. The maximum atomic E-state index is 11.4. The minimum atomic E-state index is 0.177. The molecule has 0 atom stereocenters. The van der Waals surface area contributed by atoms with Gasteiger partial charge in [-0.1, -0.05) is 0 Å². The highest BCUT2D eigenvalue weighted by Crippen LogP contribution is 2.38. The third-order valence-electron chi connectivity index (χ3n) is 2.86. The van der Waals surface area contributed by atoms with E-state index in [1.165, 1.54) is 0 Å². The van der Waals surface area contributed by atoms with Gasteiger partial charge in [0.2, 0.25) is 0 Å². The molecule has 0 bridgehead atoms. The van der Waals surface area contributed by atoms with Crippen molar-refractivity contribution in [2.45, 2.75) is 13.8 Å². The van der Waals surface area contributed by atoms with Crippen molar-refractivity contribution < 1.29 is 19.1 Å². The number of fused-ring (bicyclic) bond motifs is 1. The number of carbonyl (C=O) groups is 2. The predicted molar refractivity (Wildman–Crippen MR) is 74.9 cm³/mol. The fourth-order valence-corrected chi connectivity index (χ4v) is 2.11. The third kappa shape index (κ3) is 2.22. The van der Waals surface area contributed by atoms with Crippen molar-refractivity contribution >= 4 is 23.5 Å². The zero-order chi connectivity index (χ0) is 14.5. The van der Waals surface area contributed by atoms with E-state index in [0.717, 1.165) is 0 Å². The number of rotatable bonds is 6. The van der Waals surface area contributed by atoms with E-state index in [1.807, 2.05) is 6.92 Å². The average Bonchev–Trinajstić information content (AvgIpc) is 2.49. The number of carbonyl (C=O) groups excluding carboxylic acids is 2. The summed E-state index contributed by atoms with van der Waals surface area (Å²) < 4.78 is 11.0. The largest absolute Gasteiger partial charge is 0.492 e. The van der Waals surface area contributed by atoms with E-state index in [9.17, 15) is 9.59 Å². The van der Waals surface area contributed by atoms with Gasteiger partial charge in [0, 0.05) is 11.6 Å². The molecule has 0 N–H and O–H groups in total. The summed E-state index contributed by atoms with van der Waals surface area (Å²) >= 11 is 0. The number of benzene rings is 1. The molecule has 2 aromatic rings. The molecule has 0 unspecified atom stereocenters. The highest BCUT2D eigenvalue weighted by Gasteiger charge is 2.21. The molecule has 1 heterocycles. The van der Waals surface area contributed by atoms with Crippen LogP contribution in [-0.2, 0) is 0 Å². The highest BCUT2D eigenvalue weighted by atomic mass is 16.5. The molecule has 0 spiro atoms. The van der Waals surface area contributed by atoms with Crippen molar-refractivity contribution in [3.05, 3.63) is 29.5 Å². The van der Waals surface area contributed by atoms with Gasteiger partial charge in [-0.3, -0.25) is 14.6 Å². The molecule has 0 amide bonds. The Morgan fingerprint density at radius 1 is 1.05 bits per heavy atom. The zero-order valence-corrected chi connectivity index (χ0v) is 11.4. The smallest absolute Gasteiger partial charge is 0.156 e. The molecular weight excluding hydrogens is 258 g/mol. The molecule has 0 saturated heterocycles. The van der Waals surface area contributed by atoms with Gasteiger partial charge >= 0.3 is 0 Å². The van der Waals surface area contributed by atoms with Crippen LogP contribution in [-0.4, -0.2) is 30.8 Å². The molecule has 0 aliphatic heterocycles. The zero-order valence-electron chi connectivity index (χ0n) is 11.4. The minimum Gasteiger partial charge on any atom is -0.492 e. The number of hydrogen-bond acceptors (Lipinski definition) is 5. The highest BCUT2D eigenvalue weighted by molar-refractivity contribution is 6.06. The van der Waals surface area contributed by atoms with Crippen LogP contribution in [0.15, 0.2) is 18.3 Å². The molecule has 1 aromatic carbocycles. The van der Waals surface area contributed by atoms with Gasteiger partial charge < -0.3 is 9.47 Å². The molecule has 20 heavy (non-hydrogen) atoms. The van der Waals surface area contributed by atoms with Crippen LogP contribution in [0.4, 0.5) is 0 Å². The second kappa shape index (κ2) is 6.14. The van der Waals surface area contributed by atoms with Gasteiger partial charge in [0.15, 0.2) is 18.3 Å². The van der Waals surface area contributed by atoms with Crippen LogP contribution in [0.3, 0.4) is 0 Å². The summed E-state index contributed by atoms with van der Waals surface area (Å²) in [5, 5.41) is 0.658.